The summed E-state index contributed by atoms with van der Waals surface area (Å²) in [6.07, 6.45) is 0.695. The van der Waals surface area contributed by atoms with Gasteiger partial charge in [0.2, 0.25) is 5.82 Å². The van der Waals surface area contributed by atoms with Crippen molar-refractivity contribution in [2.24, 2.45) is 0 Å². The second kappa shape index (κ2) is 4.21. The summed E-state index contributed by atoms with van der Waals surface area (Å²) in [5.74, 6) is -1.81. The van der Waals surface area contributed by atoms with Gasteiger partial charge in [0.15, 0.2) is 11.6 Å². The van der Waals surface area contributed by atoms with Crippen LogP contribution in [0.1, 0.15) is 31.9 Å². The zero-order valence-electron chi connectivity index (χ0n) is 9.90. The smallest absolute Gasteiger partial charge is 0.201 e. The van der Waals surface area contributed by atoms with E-state index in [-0.39, 0.29) is 11.8 Å². The minimum atomic E-state index is -0.920. The number of hydrogen-bond acceptors (Lipinski definition) is 2. The fraction of sp³-hybridized carbons (Fsp3) is 0.500. The SMILES string of the molecule is CNC1CC(C)(C)Oc2c(F)c(F)cc(Br)c21. The molecule has 0 radical (unpaired) electrons. The Kier molecular flexibility index (Phi) is 3.16. The topological polar surface area (TPSA) is 21.3 Å². The van der Waals surface area contributed by atoms with E-state index in [4.69, 9.17) is 4.74 Å². The van der Waals surface area contributed by atoms with E-state index in [9.17, 15) is 8.78 Å². The van der Waals surface area contributed by atoms with E-state index < -0.39 is 17.2 Å². The molecule has 1 unspecified atom stereocenters. The Bertz CT molecular complexity index is 462. The first-order valence-corrected chi connectivity index (χ1v) is 6.18. The van der Waals surface area contributed by atoms with E-state index in [1.165, 1.54) is 0 Å². The van der Waals surface area contributed by atoms with Gasteiger partial charge < -0.3 is 10.1 Å². The first-order chi connectivity index (χ1) is 7.85. The fourth-order valence-corrected chi connectivity index (χ4v) is 2.83. The molecule has 5 heteroatoms. The highest BCUT2D eigenvalue weighted by atomic mass is 79.9. The first-order valence-electron chi connectivity index (χ1n) is 5.39. The molecular weight excluding hydrogens is 292 g/mol. The van der Waals surface area contributed by atoms with Gasteiger partial charge in [0, 0.05) is 22.5 Å². The summed E-state index contributed by atoms with van der Waals surface area (Å²) < 4.78 is 33.2. The first kappa shape index (κ1) is 12.8. The molecule has 94 valence electrons. The van der Waals surface area contributed by atoms with Crippen LogP contribution in [0.4, 0.5) is 8.78 Å². The molecule has 0 bridgehead atoms. The Hall–Kier alpha value is -0.680. The molecule has 17 heavy (non-hydrogen) atoms. The monoisotopic (exact) mass is 305 g/mol. The summed E-state index contributed by atoms with van der Waals surface area (Å²) >= 11 is 3.26. The van der Waals surface area contributed by atoms with Crippen LogP contribution in [0.25, 0.3) is 0 Å². The summed E-state index contributed by atoms with van der Waals surface area (Å²) in [7, 11) is 1.80. The lowest BCUT2D eigenvalue weighted by atomic mass is 9.89. The van der Waals surface area contributed by atoms with Crippen LogP contribution in [-0.4, -0.2) is 12.6 Å². The molecule has 1 aliphatic heterocycles. The molecule has 1 aromatic carbocycles. The molecule has 1 atom stereocenters. The predicted molar refractivity (Wildman–Crippen MR) is 65.2 cm³/mol. The minimum Gasteiger partial charge on any atom is -0.484 e. The van der Waals surface area contributed by atoms with Gasteiger partial charge in [0.1, 0.15) is 5.60 Å². The summed E-state index contributed by atoms with van der Waals surface area (Å²) in [5, 5.41) is 3.10. The molecule has 1 heterocycles. The second-order valence-electron chi connectivity index (χ2n) is 4.80. The highest BCUT2D eigenvalue weighted by molar-refractivity contribution is 9.10. The van der Waals surface area contributed by atoms with Gasteiger partial charge in [-0.15, -0.1) is 0 Å². The Balaban J connectivity index is 2.64. The van der Waals surface area contributed by atoms with Gasteiger partial charge in [-0.25, -0.2) is 4.39 Å². The lowest BCUT2D eigenvalue weighted by Gasteiger charge is -2.38. The molecule has 0 aliphatic carbocycles. The van der Waals surface area contributed by atoms with Gasteiger partial charge in [-0.2, -0.15) is 4.39 Å². The van der Waals surface area contributed by atoms with Crippen molar-refractivity contribution in [3.8, 4) is 5.75 Å². The minimum absolute atomic E-state index is 0.00692. The molecule has 0 saturated carbocycles. The predicted octanol–water partition coefficient (Wildman–Crippen LogP) is 3.55. The average Bonchev–Trinajstić information content (AvgIpc) is 2.23. The summed E-state index contributed by atoms with van der Waals surface area (Å²) in [6, 6.07) is 1.08. The fourth-order valence-electron chi connectivity index (χ4n) is 2.17. The van der Waals surface area contributed by atoms with E-state index in [0.717, 1.165) is 6.07 Å². The van der Waals surface area contributed by atoms with Crippen LogP contribution in [0.5, 0.6) is 5.75 Å². The second-order valence-corrected chi connectivity index (χ2v) is 5.66. The Morgan fingerprint density at radius 1 is 1.47 bits per heavy atom. The Labute approximate surface area is 107 Å². The maximum absolute atomic E-state index is 13.8. The van der Waals surface area contributed by atoms with Gasteiger partial charge in [-0.3, -0.25) is 0 Å². The molecular formula is C12H14BrF2NO. The van der Waals surface area contributed by atoms with Crippen molar-refractivity contribution < 1.29 is 13.5 Å². The van der Waals surface area contributed by atoms with Crippen LogP contribution < -0.4 is 10.1 Å². The molecule has 2 nitrogen and oxygen atoms in total. The van der Waals surface area contributed by atoms with Gasteiger partial charge in [0.05, 0.1) is 0 Å². The molecule has 0 saturated heterocycles. The number of rotatable bonds is 1. The third-order valence-corrected chi connectivity index (χ3v) is 3.59. The van der Waals surface area contributed by atoms with Crippen molar-refractivity contribution in [1.29, 1.82) is 0 Å². The van der Waals surface area contributed by atoms with Crippen LogP contribution >= 0.6 is 15.9 Å². The molecule has 1 aliphatic rings. The van der Waals surface area contributed by atoms with Crippen molar-refractivity contribution in [1.82, 2.24) is 5.32 Å². The lowest BCUT2D eigenvalue weighted by molar-refractivity contribution is 0.0608. The quantitative estimate of drug-likeness (QED) is 0.801. The molecule has 0 aromatic heterocycles. The number of ether oxygens (including phenoxy) is 1. The third kappa shape index (κ3) is 2.18. The van der Waals surface area contributed by atoms with Gasteiger partial charge in [-0.1, -0.05) is 15.9 Å². The van der Waals surface area contributed by atoms with Crippen molar-refractivity contribution in [2.45, 2.75) is 31.9 Å². The van der Waals surface area contributed by atoms with Crippen molar-refractivity contribution in [3.63, 3.8) is 0 Å². The summed E-state index contributed by atoms with van der Waals surface area (Å²) in [4.78, 5) is 0. The zero-order chi connectivity index (χ0) is 12.8. The number of halogens is 3. The molecule has 0 amide bonds. The lowest BCUT2D eigenvalue weighted by Crippen LogP contribution is -2.39. The molecule has 2 rings (SSSR count). The number of hydrogen-bond donors (Lipinski definition) is 1. The maximum Gasteiger partial charge on any atom is 0.201 e. The number of nitrogens with one attached hydrogen (secondary N) is 1. The summed E-state index contributed by atoms with van der Waals surface area (Å²) in [5.41, 5.74) is 0.125. The maximum atomic E-state index is 13.8. The Morgan fingerprint density at radius 2 is 2.12 bits per heavy atom. The van der Waals surface area contributed by atoms with Crippen LogP contribution in [0.2, 0.25) is 0 Å². The van der Waals surface area contributed by atoms with Crippen LogP contribution in [0.15, 0.2) is 10.5 Å². The van der Waals surface area contributed by atoms with Gasteiger partial charge >= 0.3 is 0 Å². The molecule has 1 aromatic rings. The normalized spacial score (nSPS) is 21.9. The van der Waals surface area contributed by atoms with E-state index in [2.05, 4.69) is 21.2 Å². The number of fused-ring (bicyclic) bond motifs is 1. The van der Waals surface area contributed by atoms with E-state index in [1.807, 2.05) is 13.8 Å². The van der Waals surface area contributed by atoms with Gasteiger partial charge in [-0.05, 0) is 27.0 Å². The average molecular weight is 306 g/mol. The van der Waals surface area contributed by atoms with Crippen LogP contribution in [0, 0.1) is 11.6 Å². The summed E-state index contributed by atoms with van der Waals surface area (Å²) in [6.45, 7) is 3.72. The Morgan fingerprint density at radius 3 is 2.71 bits per heavy atom. The highest BCUT2D eigenvalue weighted by Crippen LogP contribution is 2.45. The van der Waals surface area contributed by atoms with Crippen LogP contribution in [0.3, 0.4) is 0 Å². The third-order valence-electron chi connectivity index (χ3n) is 2.94. The van der Waals surface area contributed by atoms with Crippen molar-refractivity contribution in [3.05, 3.63) is 27.7 Å². The van der Waals surface area contributed by atoms with E-state index in [0.29, 0.717) is 16.5 Å². The van der Waals surface area contributed by atoms with Gasteiger partial charge in [0.25, 0.3) is 0 Å². The van der Waals surface area contributed by atoms with E-state index in [1.54, 1.807) is 7.05 Å². The van der Waals surface area contributed by atoms with Crippen molar-refractivity contribution >= 4 is 15.9 Å². The molecule has 1 N–H and O–H groups in total. The number of benzene rings is 1. The standard InChI is InChI=1S/C12H14BrF2NO/c1-12(2)5-8(16-3)9-6(13)4-7(14)10(15)11(9)17-12/h4,8,16H,5H2,1-3H3. The molecule has 0 fully saturated rings. The zero-order valence-corrected chi connectivity index (χ0v) is 11.5. The van der Waals surface area contributed by atoms with E-state index >= 15 is 0 Å². The highest BCUT2D eigenvalue weighted by Gasteiger charge is 2.37. The molecule has 0 spiro atoms. The van der Waals surface area contributed by atoms with Crippen molar-refractivity contribution in [2.75, 3.05) is 7.05 Å². The van der Waals surface area contributed by atoms with Crippen LogP contribution in [-0.2, 0) is 0 Å². The largest absolute Gasteiger partial charge is 0.484 e.